The van der Waals surface area contributed by atoms with Gasteiger partial charge in [-0.05, 0) is 31.2 Å². The van der Waals surface area contributed by atoms with E-state index in [4.69, 9.17) is 4.74 Å². The molecule has 0 unspecified atom stereocenters. The van der Waals surface area contributed by atoms with Crippen molar-refractivity contribution < 1.29 is 23.0 Å². The van der Waals surface area contributed by atoms with Gasteiger partial charge in [0.15, 0.2) is 11.5 Å². The van der Waals surface area contributed by atoms with Gasteiger partial charge in [-0.3, -0.25) is 9.48 Å². The van der Waals surface area contributed by atoms with Gasteiger partial charge in [-0.2, -0.15) is 13.9 Å². The lowest BCUT2D eigenvalue weighted by atomic mass is 10.2. The van der Waals surface area contributed by atoms with E-state index in [2.05, 4.69) is 15.2 Å². The highest BCUT2D eigenvalue weighted by atomic mass is 19.3. The molecule has 0 saturated carbocycles. The lowest BCUT2D eigenvalue weighted by Gasteiger charge is -2.12. The van der Waals surface area contributed by atoms with Crippen LogP contribution in [0.15, 0.2) is 30.5 Å². The molecule has 1 aromatic carbocycles. The van der Waals surface area contributed by atoms with Crippen molar-refractivity contribution in [1.82, 2.24) is 15.1 Å². The Labute approximate surface area is 132 Å². The third-order valence-corrected chi connectivity index (χ3v) is 2.92. The van der Waals surface area contributed by atoms with Crippen LogP contribution < -0.4 is 14.8 Å². The molecule has 0 spiro atoms. The number of nitrogens with one attached hydrogen (secondary N) is 1. The number of hydrogen-bond donors (Lipinski definition) is 1. The fourth-order valence-corrected chi connectivity index (χ4v) is 1.94. The molecule has 23 heavy (non-hydrogen) atoms. The molecule has 1 heterocycles. The Morgan fingerprint density at radius 2 is 2.13 bits per heavy atom. The number of ether oxygens (including phenoxy) is 2. The van der Waals surface area contributed by atoms with E-state index in [1.165, 1.54) is 18.2 Å². The van der Waals surface area contributed by atoms with Crippen LogP contribution in [0.4, 0.5) is 8.78 Å². The number of carbonyl (C=O) groups excluding carboxylic acids is 1. The fraction of sp³-hybridized carbons (Fsp3) is 0.333. The minimum atomic E-state index is -2.96. The zero-order valence-electron chi connectivity index (χ0n) is 12.8. The van der Waals surface area contributed by atoms with E-state index >= 15 is 0 Å². The molecule has 1 amide bonds. The number of amides is 1. The average Bonchev–Trinajstić information content (AvgIpc) is 2.92. The van der Waals surface area contributed by atoms with Crippen LogP contribution >= 0.6 is 0 Å². The molecule has 0 bridgehead atoms. The van der Waals surface area contributed by atoms with Crippen molar-refractivity contribution in [2.45, 2.75) is 20.1 Å². The summed E-state index contributed by atoms with van der Waals surface area (Å²) < 4.78 is 35.9. The molecule has 0 aliphatic heterocycles. The fourth-order valence-electron chi connectivity index (χ4n) is 1.94. The van der Waals surface area contributed by atoms with Gasteiger partial charge in [0, 0.05) is 18.8 Å². The average molecular weight is 325 g/mol. The third-order valence-electron chi connectivity index (χ3n) is 2.92. The van der Waals surface area contributed by atoms with E-state index in [1.54, 1.807) is 30.9 Å². The molecule has 0 radical (unpaired) electrons. The topological polar surface area (TPSA) is 65.4 Å². The second kappa shape index (κ2) is 7.57. The first kappa shape index (κ1) is 16.7. The summed E-state index contributed by atoms with van der Waals surface area (Å²) in [5.74, 6) is -0.374. The number of halogens is 2. The van der Waals surface area contributed by atoms with Crippen LogP contribution in [0, 0.1) is 0 Å². The molecular formula is C15H17F2N3O3. The number of carbonyl (C=O) groups is 1. The second-order valence-corrected chi connectivity index (χ2v) is 4.64. The van der Waals surface area contributed by atoms with Gasteiger partial charge in [-0.25, -0.2) is 0 Å². The monoisotopic (exact) mass is 325 g/mol. The largest absolute Gasteiger partial charge is 0.490 e. The van der Waals surface area contributed by atoms with Gasteiger partial charge in [0.1, 0.15) is 0 Å². The van der Waals surface area contributed by atoms with E-state index in [-0.39, 0.29) is 36.1 Å². The number of nitrogens with zero attached hydrogens (tertiary/aromatic N) is 2. The Morgan fingerprint density at radius 1 is 1.35 bits per heavy atom. The van der Waals surface area contributed by atoms with Crippen molar-refractivity contribution in [3.63, 3.8) is 0 Å². The summed E-state index contributed by atoms with van der Waals surface area (Å²) in [7, 11) is 1.78. The lowest BCUT2D eigenvalue weighted by molar-refractivity contribution is -0.0514. The molecule has 0 aliphatic rings. The molecule has 1 aromatic heterocycles. The number of hydrogen-bond acceptors (Lipinski definition) is 4. The summed E-state index contributed by atoms with van der Waals surface area (Å²) in [6.45, 7) is -0.727. The molecule has 0 saturated heterocycles. The first-order valence-corrected chi connectivity index (χ1v) is 6.98. The van der Waals surface area contributed by atoms with Gasteiger partial charge in [0.2, 0.25) is 0 Å². The maximum atomic E-state index is 12.3. The Balaban J connectivity index is 2.08. The van der Waals surface area contributed by atoms with Crippen molar-refractivity contribution in [2.24, 2.45) is 7.05 Å². The molecule has 0 aliphatic carbocycles. The minimum Gasteiger partial charge on any atom is -0.490 e. The summed E-state index contributed by atoms with van der Waals surface area (Å²) in [5.41, 5.74) is 0.995. The van der Waals surface area contributed by atoms with Crippen LogP contribution in [-0.4, -0.2) is 28.9 Å². The van der Waals surface area contributed by atoms with E-state index in [0.717, 1.165) is 0 Å². The van der Waals surface area contributed by atoms with Crippen LogP contribution in [-0.2, 0) is 13.6 Å². The van der Waals surface area contributed by atoms with E-state index in [1.807, 2.05) is 0 Å². The molecule has 8 heteroatoms. The van der Waals surface area contributed by atoms with Crippen molar-refractivity contribution in [3.05, 3.63) is 41.7 Å². The van der Waals surface area contributed by atoms with E-state index in [0.29, 0.717) is 5.69 Å². The number of alkyl halides is 2. The van der Waals surface area contributed by atoms with Crippen LogP contribution in [0.1, 0.15) is 23.0 Å². The lowest BCUT2D eigenvalue weighted by Crippen LogP contribution is -2.23. The Bertz CT molecular complexity index is 674. The maximum absolute atomic E-state index is 12.3. The van der Waals surface area contributed by atoms with E-state index in [9.17, 15) is 13.6 Å². The van der Waals surface area contributed by atoms with Crippen molar-refractivity contribution in [1.29, 1.82) is 0 Å². The molecule has 2 rings (SSSR count). The van der Waals surface area contributed by atoms with Gasteiger partial charge in [-0.15, -0.1) is 0 Å². The van der Waals surface area contributed by atoms with Crippen LogP contribution in [0.3, 0.4) is 0 Å². The van der Waals surface area contributed by atoms with Gasteiger partial charge in [-0.1, -0.05) is 0 Å². The van der Waals surface area contributed by atoms with E-state index < -0.39 is 6.61 Å². The van der Waals surface area contributed by atoms with Crippen molar-refractivity contribution >= 4 is 5.91 Å². The molecule has 0 fully saturated rings. The summed E-state index contributed by atoms with van der Waals surface area (Å²) in [6.07, 6.45) is 1.77. The molecular weight excluding hydrogens is 308 g/mol. The summed E-state index contributed by atoms with van der Waals surface area (Å²) in [5, 5.41) is 6.84. The van der Waals surface area contributed by atoms with Gasteiger partial charge in [0.05, 0.1) is 18.8 Å². The van der Waals surface area contributed by atoms with Crippen molar-refractivity contribution in [2.75, 3.05) is 6.61 Å². The summed E-state index contributed by atoms with van der Waals surface area (Å²) in [4.78, 5) is 12.1. The third kappa shape index (κ3) is 4.67. The number of aryl methyl sites for hydroxylation is 1. The molecule has 124 valence electrons. The number of rotatable bonds is 7. The van der Waals surface area contributed by atoms with Gasteiger partial charge >= 0.3 is 6.61 Å². The predicted octanol–water partition coefficient (Wildman–Crippen LogP) is 2.35. The Morgan fingerprint density at radius 3 is 2.74 bits per heavy atom. The molecule has 2 aromatic rings. The number of benzene rings is 1. The summed E-state index contributed by atoms with van der Waals surface area (Å²) in [6, 6.07) is 5.83. The second-order valence-electron chi connectivity index (χ2n) is 4.64. The smallest absolute Gasteiger partial charge is 0.387 e. The highest BCUT2D eigenvalue weighted by Crippen LogP contribution is 2.29. The zero-order chi connectivity index (χ0) is 16.8. The molecule has 1 N–H and O–H groups in total. The summed E-state index contributed by atoms with van der Waals surface area (Å²) >= 11 is 0. The quantitative estimate of drug-likeness (QED) is 0.849. The Kier molecular flexibility index (Phi) is 5.51. The normalized spacial score (nSPS) is 10.7. The highest BCUT2D eigenvalue weighted by Gasteiger charge is 2.14. The first-order chi connectivity index (χ1) is 11.0. The van der Waals surface area contributed by atoms with Crippen molar-refractivity contribution in [3.8, 4) is 11.5 Å². The predicted molar refractivity (Wildman–Crippen MR) is 78.6 cm³/mol. The van der Waals surface area contributed by atoms with Gasteiger partial charge < -0.3 is 14.8 Å². The van der Waals surface area contributed by atoms with Crippen LogP contribution in [0.5, 0.6) is 11.5 Å². The van der Waals surface area contributed by atoms with Crippen LogP contribution in [0.2, 0.25) is 0 Å². The number of aromatic nitrogens is 2. The maximum Gasteiger partial charge on any atom is 0.387 e. The zero-order valence-corrected chi connectivity index (χ0v) is 12.8. The van der Waals surface area contributed by atoms with Crippen LogP contribution in [0.25, 0.3) is 0 Å². The first-order valence-electron chi connectivity index (χ1n) is 6.98. The SMILES string of the molecule is CCOc1cc(C(=O)NCc2ccn(C)n2)ccc1OC(F)F. The minimum absolute atomic E-state index is 0.0956. The molecule has 6 nitrogen and oxygen atoms in total. The Hall–Kier alpha value is -2.64. The molecule has 0 atom stereocenters. The highest BCUT2D eigenvalue weighted by molar-refractivity contribution is 5.94. The standard InChI is InChI=1S/C15H17F2N3O3/c1-3-22-13-8-10(4-5-12(13)23-15(16)17)14(21)18-9-11-6-7-20(2)19-11/h4-8,15H,3,9H2,1-2H3,(H,18,21). The van der Waals surface area contributed by atoms with Gasteiger partial charge in [0.25, 0.3) is 5.91 Å².